The smallest absolute Gasteiger partial charge is 0.142 e. The Balaban J connectivity index is 1.60. The Morgan fingerprint density at radius 3 is 2.31 bits per heavy atom. The van der Waals surface area contributed by atoms with Crippen LogP contribution in [0.3, 0.4) is 0 Å². The first-order valence-corrected chi connectivity index (χ1v) is 12.1. The Hall–Kier alpha value is -2.86. The first kappa shape index (κ1) is 19.5. The molecule has 0 aliphatic heterocycles. The van der Waals surface area contributed by atoms with Crippen molar-refractivity contribution in [2.45, 2.75) is 32.6 Å². The van der Waals surface area contributed by atoms with E-state index in [2.05, 4.69) is 35.6 Å². The fourth-order valence-electron chi connectivity index (χ4n) is 3.14. The van der Waals surface area contributed by atoms with Crippen molar-refractivity contribution >= 4 is 35.7 Å². The van der Waals surface area contributed by atoms with Gasteiger partial charge in [0.25, 0.3) is 0 Å². The molecule has 3 aromatic rings. The third-order valence-corrected chi connectivity index (χ3v) is 6.15. The van der Waals surface area contributed by atoms with E-state index in [0.29, 0.717) is 35.0 Å². The fraction of sp³-hybridized carbons (Fsp3) is 0.350. The number of rotatable bonds is 6. The maximum absolute atomic E-state index is 12.9. The normalized spacial score (nSPS) is 13.9. The van der Waals surface area contributed by atoms with E-state index in [4.69, 9.17) is 0 Å². The molecule has 8 nitrogen and oxygen atoms in total. The van der Waals surface area contributed by atoms with E-state index in [-0.39, 0.29) is 0 Å². The van der Waals surface area contributed by atoms with Crippen molar-refractivity contribution in [1.82, 2.24) is 24.9 Å². The van der Waals surface area contributed by atoms with Crippen molar-refractivity contribution in [1.29, 1.82) is 0 Å². The minimum atomic E-state index is -2.51. The summed E-state index contributed by atoms with van der Waals surface area (Å²) >= 11 is 0. The molecule has 0 atom stereocenters. The lowest BCUT2D eigenvalue weighted by atomic mass is 10.2. The van der Waals surface area contributed by atoms with Gasteiger partial charge >= 0.3 is 0 Å². The maximum Gasteiger partial charge on any atom is 0.142 e. The average molecular weight is 409 g/mol. The highest BCUT2D eigenvalue weighted by molar-refractivity contribution is 7.70. The number of anilines is 4. The van der Waals surface area contributed by atoms with Crippen LogP contribution in [0.25, 0.3) is 0 Å². The number of aromatic nitrogens is 5. The third-order valence-electron chi connectivity index (χ3n) is 4.65. The van der Waals surface area contributed by atoms with Gasteiger partial charge in [-0.05, 0) is 57.6 Å². The van der Waals surface area contributed by atoms with Crippen LogP contribution < -0.4 is 15.9 Å². The third kappa shape index (κ3) is 4.77. The van der Waals surface area contributed by atoms with E-state index in [9.17, 15) is 4.57 Å². The van der Waals surface area contributed by atoms with Crippen molar-refractivity contribution in [3.63, 3.8) is 0 Å². The Morgan fingerprint density at radius 2 is 1.66 bits per heavy atom. The molecule has 1 aliphatic rings. The molecule has 2 N–H and O–H groups in total. The van der Waals surface area contributed by atoms with Crippen LogP contribution in [-0.2, 0) is 4.57 Å². The zero-order valence-electron chi connectivity index (χ0n) is 17.0. The molecule has 0 unspecified atom stereocenters. The molecule has 1 aliphatic carbocycles. The molecule has 1 fully saturated rings. The summed E-state index contributed by atoms with van der Waals surface area (Å²) < 4.78 is 12.9. The van der Waals surface area contributed by atoms with Crippen LogP contribution in [-0.4, -0.2) is 38.2 Å². The standard InChI is InChI=1S/C20H24N7OP/c1-12-7-19(25-13(2)24-12)26-17-9-18(23-11-22-17)27-20-16(29(3,4)28)8-15(10-21-20)14-5-6-14/h7-11,14H,5-6H2,1-4H3,(H2,21,22,23,24,25,26,27). The topological polar surface area (TPSA) is 106 Å². The summed E-state index contributed by atoms with van der Waals surface area (Å²) in [6, 6.07) is 5.65. The summed E-state index contributed by atoms with van der Waals surface area (Å²) in [6.45, 7) is 7.29. The van der Waals surface area contributed by atoms with Gasteiger partial charge in [0.1, 0.15) is 42.6 Å². The first-order valence-electron chi connectivity index (χ1n) is 9.52. The molecule has 0 amide bonds. The Labute approximate surface area is 170 Å². The van der Waals surface area contributed by atoms with E-state index >= 15 is 0 Å². The molecule has 150 valence electrons. The highest BCUT2D eigenvalue weighted by Crippen LogP contribution is 2.43. The number of aryl methyl sites for hydroxylation is 2. The monoisotopic (exact) mass is 409 g/mol. The Bertz CT molecular complexity index is 1090. The molecule has 0 radical (unpaired) electrons. The van der Waals surface area contributed by atoms with Gasteiger partial charge in [-0.2, -0.15) is 0 Å². The minimum absolute atomic E-state index is 0.552. The van der Waals surface area contributed by atoms with Crippen LogP contribution in [0.5, 0.6) is 0 Å². The van der Waals surface area contributed by atoms with Crippen molar-refractivity contribution in [2.75, 3.05) is 24.0 Å². The van der Waals surface area contributed by atoms with Gasteiger partial charge in [-0.15, -0.1) is 0 Å². The van der Waals surface area contributed by atoms with E-state index in [1.54, 1.807) is 19.4 Å². The number of nitrogens with zero attached hydrogens (tertiary/aromatic N) is 5. The van der Waals surface area contributed by atoms with E-state index in [1.807, 2.05) is 32.2 Å². The van der Waals surface area contributed by atoms with Gasteiger partial charge in [0.15, 0.2) is 0 Å². The molecule has 0 saturated heterocycles. The number of nitrogens with one attached hydrogen (secondary N) is 2. The van der Waals surface area contributed by atoms with E-state index in [1.165, 1.54) is 19.2 Å². The maximum atomic E-state index is 12.9. The van der Waals surface area contributed by atoms with Crippen LogP contribution in [0.1, 0.15) is 35.8 Å². The average Bonchev–Trinajstić information content (AvgIpc) is 3.46. The van der Waals surface area contributed by atoms with Crippen LogP contribution in [0.2, 0.25) is 0 Å². The SMILES string of the molecule is Cc1cc(Nc2cc(Nc3ncc(C4CC4)cc3P(C)(C)=O)ncn2)nc(C)n1. The molecule has 1 saturated carbocycles. The Morgan fingerprint density at radius 1 is 0.931 bits per heavy atom. The number of pyridine rings is 1. The quantitative estimate of drug-likeness (QED) is 0.591. The molecule has 0 bridgehead atoms. The fourth-order valence-corrected chi connectivity index (χ4v) is 4.23. The van der Waals surface area contributed by atoms with Gasteiger partial charge in [-0.1, -0.05) is 0 Å². The lowest BCUT2D eigenvalue weighted by molar-refractivity contribution is 0.588. The van der Waals surface area contributed by atoms with Crippen LogP contribution in [0, 0.1) is 13.8 Å². The first-order chi connectivity index (χ1) is 13.8. The molecular weight excluding hydrogens is 385 g/mol. The van der Waals surface area contributed by atoms with Crippen molar-refractivity contribution in [3.05, 3.63) is 47.8 Å². The molecule has 3 heterocycles. The summed E-state index contributed by atoms with van der Waals surface area (Å²) in [4.78, 5) is 21.7. The molecule has 29 heavy (non-hydrogen) atoms. The molecular formula is C20H24N7OP. The molecule has 4 rings (SSSR count). The van der Waals surface area contributed by atoms with Gasteiger partial charge in [0, 0.05) is 24.0 Å². The lowest BCUT2D eigenvalue weighted by Gasteiger charge is -2.15. The van der Waals surface area contributed by atoms with Crippen molar-refractivity contribution < 1.29 is 4.57 Å². The zero-order valence-corrected chi connectivity index (χ0v) is 17.9. The highest BCUT2D eigenvalue weighted by Gasteiger charge is 2.27. The van der Waals surface area contributed by atoms with Crippen molar-refractivity contribution in [2.24, 2.45) is 0 Å². The predicted molar refractivity (Wildman–Crippen MR) is 115 cm³/mol. The summed E-state index contributed by atoms with van der Waals surface area (Å²) in [7, 11) is -2.51. The number of hydrogen-bond donors (Lipinski definition) is 2. The van der Waals surface area contributed by atoms with Crippen LogP contribution in [0.4, 0.5) is 23.3 Å². The molecule has 0 aromatic carbocycles. The highest BCUT2D eigenvalue weighted by atomic mass is 31.2. The van der Waals surface area contributed by atoms with Gasteiger partial charge in [0.2, 0.25) is 0 Å². The number of hydrogen-bond acceptors (Lipinski definition) is 8. The van der Waals surface area contributed by atoms with Crippen LogP contribution in [0.15, 0.2) is 30.7 Å². The largest absolute Gasteiger partial charge is 0.325 e. The second kappa shape index (κ2) is 7.52. The van der Waals surface area contributed by atoms with E-state index < -0.39 is 7.14 Å². The predicted octanol–water partition coefficient (Wildman–Crippen LogP) is 3.89. The second-order valence-corrected chi connectivity index (χ2v) is 10.9. The summed E-state index contributed by atoms with van der Waals surface area (Å²) in [5.74, 6) is 3.63. The summed E-state index contributed by atoms with van der Waals surface area (Å²) in [5.41, 5.74) is 2.03. The zero-order chi connectivity index (χ0) is 20.6. The lowest BCUT2D eigenvalue weighted by Crippen LogP contribution is -2.14. The van der Waals surface area contributed by atoms with Gasteiger partial charge < -0.3 is 15.2 Å². The second-order valence-electron chi connectivity index (χ2n) is 7.74. The molecule has 0 spiro atoms. The van der Waals surface area contributed by atoms with Gasteiger partial charge in [-0.25, -0.2) is 24.9 Å². The minimum Gasteiger partial charge on any atom is -0.325 e. The summed E-state index contributed by atoms with van der Waals surface area (Å²) in [5, 5.41) is 7.13. The van der Waals surface area contributed by atoms with Gasteiger partial charge in [0.05, 0.1) is 5.30 Å². The molecule has 3 aromatic heterocycles. The van der Waals surface area contributed by atoms with Crippen molar-refractivity contribution in [3.8, 4) is 0 Å². The molecule has 9 heteroatoms. The Kier molecular flexibility index (Phi) is 5.04. The van der Waals surface area contributed by atoms with Crippen LogP contribution >= 0.6 is 7.14 Å². The summed E-state index contributed by atoms with van der Waals surface area (Å²) in [6.07, 6.45) is 5.68. The van der Waals surface area contributed by atoms with E-state index in [0.717, 1.165) is 16.6 Å². The van der Waals surface area contributed by atoms with Gasteiger partial charge in [-0.3, -0.25) is 0 Å².